The molecule has 5 heteroatoms. The highest BCUT2D eigenvalue weighted by molar-refractivity contribution is 6.30. The normalized spacial score (nSPS) is 18.3. The van der Waals surface area contributed by atoms with E-state index in [1.165, 1.54) is 0 Å². The minimum absolute atomic E-state index is 0.0317. The third kappa shape index (κ3) is 3.59. The number of aryl methyl sites for hydroxylation is 1. The molecular weight excluding hydrogens is 360 g/mol. The first kappa shape index (κ1) is 18.1. The van der Waals surface area contributed by atoms with Crippen LogP contribution in [0.25, 0.3) is 0 Å². The minimum Gasteiger partial charge on any atom is -0.326 e. The van der Waals surface area contributed by atoms with Crippen molar-refractivity contribution < 1.29 is 9.59 Å². The molecule has 0 spiro atoms. The van der Waals surface area contributed by atoms with E-state index in [0.29, 0.717) is 17.9 Å². The maximum Gasteiger partial charge on any atom is 0.235 e. The summed E-state index contributed by atoms with van der Waals surface area (Å²) in [5.41, 5.74) is 3.14. The summed E-state index contributed by atoms with van der Waals surface area (Å²) >= 11 is 6.22. The maximum absolute atomic E-state index is 13.4. The van der Waals surface area contributed by atoms with E-state index in [4.69, 9.17) is 11.6 Å². The smallest absolute Gasteiger partial charge is 0.235 e. The molecule has 0 aromatic heterocycles. The van der Waals surface area contributed by atoms with Gasteiger partial charge in [0.1, 0.15) is 0 Å². The fourth-order valence-electron chi connectivity index (χ4n) is 4.30. The summed E-state index contributed by atoms with van der Waals surface area (Å²) in [6.45, 7) is 0. The van der Waals surface area contributed by atoms with Gasteiger partial charge in [0.15, 0.2) is 0 Å². The highest BCUT2D eigenvalue weighted by Crippen LogP contribution is 2.41. The zero-order valence-electron chi connectivity index (χ0n) is 15.2. The van der Waals surface area contributed by atoms with Crippen molar-refractivity contribution in [3.05, 3.63) is 58.6 Å². The van der Waals surface area contributed by atoms with E-state index in [0.717, 1.165) is 54.6 Å². The highest BCUT2D eigenvalue weighted by atomic mass is 35.5. The van der Waals surface area contributed by atoms with Crippen molar-refractivity contribution in [3.8, 4) is 0 Å². The van der Waals surface area contributed by atoms with Gasteiger partial charge in [-0.15, -0.1) is 0 Å². The van der Waals surface area contributed by atoms with E-state index in [-0.39, 0.29) is 11.8 Å². The lowest BCUT2D eigenvalue weighted by atomic mass is 9.68. The zero-order valence-corrected chi connectivity index (χ0v) is 15.9. The number of amides is 2. The molecule has 1 fully saturated rings. The van der Waals surface area contributed by atoms with Crippen LogP contribution in [0.5, 0.6) is 0 Å². The van der Waals surface area contributed by atoms with Crippen molar-refractivity contribution in [1.82, 2.24) is 0 Å². The van der Waals surface area contributed by atoms with Gasteiger partial charge in [-0.05, 0) is 60.7 Å². The van der Waals surface area contributed by atoms with Crippen molar-refractivity contribution in [3.63, 3.8) is 0 Å². The summed E-state index contributed by atoms with van der Waals surface area (Å²) < 4.78 is 0. The summed E-state index contributed by atoms with van der Waals surface area (Å²) in [6.07, 6.45) is 6.09. The Morgan fingerprint density at radius 1 is 1.04 bits per heavy atom. The van der Waals surface area contributed by atoms with Crippen LogP contribution in [-0.2, 0) is 21.4 Å². The summed E-state index contributed by atoms with van der Waals surface area (Å²) in [5.74, 6) is 0.0747. The summed E-state index contributed by atoms with van der Waals surface area (Å²) in [6, 6.07) is 13.4. The molecule has 140 valence electrons. The average Bonchev–Trinajstić information content (AvgIpc) is 2.68. The van der Waals surface area contributed by atoms with E-state index in [1.807, 2.05) is 42.5 Å². The van der Waals surface area contributed by atoms with E-state index in [1.54, 1.807) is 0 Å². The van der Waals surface area contributed by atoms with Gasteiger partial charge in [-0.2, -0.15) is 0 Å². The molecule has 1 aliphatic carbocycles. The molecule has 4 rings (SSSR count). The predicted molar refractivity (Wildman–Crippen MR) is 108 cm³/mol. The number of hydrogen-bond donors (Lipinski definition) is 2. The van der Waals surface area contributed by atoms with E-state index in [9.17, 15) is 9.59 Å². The zero-order chi connectivity index (χ0) is 18.9. The number of halogens is 1. The second-order valence-electron chi connectivity index (χ2n) is 7.53. The second-order valence-corrected chi connectivity index (χ2v) is 7.96. The monoisotopic (exact) mass is 382 g/mol. The van der Waals surface area contributed by atoms with Crippen LogP contribution < -0.4 is 10.6 Å². The van der Waals surface area contributed by atoms with Gasteiger partial charge in [-0.1, -0.05) is 43.0 Å². The number of fused-ring (bicyclic) bond motifs is 1. The van der Waals surface area contributed by atoms with Crippen LogP contribution in [0.4, 0.5) is 11.4 Å². The first-order chi connectivity index (χ1) is 13.1. The van der Waals surface area contributed by atoms with Gasteiger partial charge in [0, 0.05) is 22.8 Å². The fourth-order valence-corrected chi connectivity index (χ4v) is 4.49. The minimum atomic E-state index is -0.534. The number of carbonyl (C=O) groups excluding carboxylic acids is 2. The number of hydrogen-bond acceptors (Lipinski definition) is 2. The summed E-state index contributed by atoms with van der Waals surface area (Å²) in [7, 11) is 0. The predicted octanol–water partition coefficient (Wildman–Crippen LogP) is 5.07. The summed E-state index contributed by atoms with van der Waals surface area (Å²) in [4.78, 5) is 24.9. The van der Waals surface area contributed by atoms with Crippen LogP contribution in [0.1, 0.15) is 49.7 Å². The van der Waals surface area contributed by atoms with E-state index in [2.05, 4.69) is 10.6 Å². The SMILES string of the molecule is O=C1CCc2cc(NC(=O)C3(c4cccc(Cl)c4)CCCCC3)ccc2N1. The Morgan fingerprint density at radius 2 is 1.85 bits per heavy atom. The van der Waals surface area contributed by atoms with Gasteiger partial charge in [0.25, 0.3) is 0 Å². The van der Waals surface area contributed by atoms with Crippen LogP contribution in [-0.4, -0.2) is 11.8 Å². The molecule has 1 aliphatic heterocycles. The van der Waals surface area contributed by atoms with Crippen molar-refractivity contribution >= 4 is 34.8 Å². The standard InChI is InChI=1S/C22H23ClN2O2/c23-17-6-4-5-16(14-17)22(11-2-1-3-12-22)21(27)24-18-8-9-19-15(13-18)7-10-20(26)25-19/h4-6,8-9,13-14H,1-3,7,10-12H2,(H,24,27)(H,25,26). The van der Waals surface area contributed by atoms with Crippen LogP contribution in [0.15, 0.2) is 42.5 Å². The Balaban J connectivity index is 1.62. The van der Waals surface area contributed by atoms with Crippen LogP contribution in [0.2, 0.25) is 5.02 Å². The van der Waals surface area contributed by atoms with Gasteiger partial charge in [0.05, 0.1) is 5.41 Å². The highest BCUT2D eigenvalue weighted by Gasteiger charge is 2.41. The van der Waals surface area contributed by atoms with Crippen LogP contribution in [0, 0.1) is 0 Å². The molecule has 27 heavy (non-hydrogen) atoms. The molecule has 1 heterocycles. The Labute approximate surface area is 164 Å². The third-order valence-corrected chi connectivity index (χ3v) is 6.01. The largest absolute Gasteiger partial charge is 0.326 e. The van der Waals surface area contributed by atoms with Crippen molar-refractivity contribution in [2.75, 3.05) is 10.6 Å². The Kier molecular flexibility index (Phi) is 4.92. The van der Waals surface area contributed by atoms with Gasteiger partial charge >= 0.3 is 0 Å². The van der Waals surface area contributed by atoms with Crippen LogP contribution >= 0.6 is 11.6 Å². The van der Waals surface area contributed by atoms with E-state index >= 15 is 0 Å². The second kappa shape index (κ2) is 7.35. The topological polar surface area (TPSA) is 58.2 Å². The lowest BCUT2D eigenvalue weighted by molar-refractivity contribution is -0.122. The number of rotatable bonds is 3. The third-order valence-electron chi connectivity index (χ3n) is 5.78. The number of anilines is 2. The van der Waals surface area contributed by atoms with Crippen LogP contribution in [0.3, 0.4) is 0 Å². The van der Waals surface area contributed by atoms with Gasteiger partial charge in [-0.3, -0.25) is 9.59 Å². The molecule has 2 N–H and O–H groups in total. The molecule has 0 bridgehead atoms. The Morgan fingerprint density at radius 3 is 2.63 bits per heavy atom. The number of nitrogens with one attached hydrogen (secondary N) is 2. The molecule has 2 amide bonds. The molecule has 0 unspecified atom stereocenters. The van der Waals surface area contributed by atoms with E-state index < -0.39 is 5.41 Å². The van der Waals surface area contributed by atoms with Crippen molar-refractivity contribution in [1.29, 1.82) is 0 Å². The summed E-state index contributed by atoms with van der Waals surface area (Å²) in [5, 5.41) is 6.68. The molecular formula is C22H23ClN2O2. The molecule has 2 aromatic rings. The molecule has 2 aliphatic rings. The van der Waals surface area contributed by atoms with Gasteiger partial charge in [-0.25, -0.2) is 0 Å². The van der Waals surface area contributed by atoms with Gasteiger partial charge < -0.3 is 10.6 Å². The first-order valence-corrected chi connectivity index (χ1v) is 9.95. The lowest BCUT2D eigenvalue weighted by Crippen LogP contribution is -2.42. The lowest BCUT2D eigenvalue weighted by Gasteiger charge is -2.36. The Bertz CT molecular complexity index is 888. The molecule has 4 nitrogen and oxygen atoms in total. The fraction of sp³-hybridized carbons (Fsp3) is 0.364. The molecule has 0 saturated heterocycles. The van der Waals surface area contributed by atoms with Gasteiger partial charge in [0.2, 0.25) is 11.8 Å². The number of benzene rings is 2. The molecule has 0 atom stereocenters. The molecule has 2 aromatic carbocycles. The average molecular weight is 383 g/mol. The first-order valence-electron chi connectivity index (χ1n) is 9.57. The van der Waals surface area contributed by atoms with Crippen molar-refractivity contribution in [2.45, 2.75) is 50.4 Å². The Hall–Kier alpha value is -2.33. The van der Waals surface area contributed by atoms with Crippen molar-refractivity contribution in [2.24, 2.45) is 0 Å². The maximum atomic E-state index is 13.4. The molecule has 0 radical (unpaired) electrons. The number of carbonyl (C=O) groups is 2. The quantitative estimate of drug-likeness (QED) is 0.778. The molecule has 1 saturated carbocycles.